The molecule has 3 rings (SSSR count). The van der Waals surface area contributed by atoms with Crippen LogP contribution in [0.5, 0.6) is 0 Å². The van der Waals surface area contributed by atoms with Crippen LogP contribution >= 0.6 is 11.6 Å². The Labute approximate surface area is 132 Å². The van der Waals surface area contributed by atoms with Crippen molar-refractivity contribution in [1.29, 1.82) is 0 Å². The molecule has 0 radical (unpaired) electrons. The van der Waals surface area contributed by atoms with Crippen LogP contribution in [0.25, 0.3) is 11.4 Å². The monoisotopic (exact) mass is 312 g/mol. The first kappa shape index (κ1) is 14.4. The van der Waals surface area contributed by atoms with Gasteiger partial charge < -0.3 is 9.67 Å². The molecule has 0 amide bonds. The minimum absolute atomic E-state index is 0.280. The number of nitrogens with zero attached hydrogens (tertiary/aromatic N) is 2. The normalized spacial score (nSPS) is 10.6. The van der Waals surface area contributed by atoms with Crippen molar-refractivity contribution < 1.29 is 9.90 Å². The lowest BCUT2D eigenvalue weighted by Gasteiger charge is -2.09. The summed E-state index contributed by atoms with van der Waals surface area (Å²) in [5.41, 5.74) is 2.11. The zero-order valence-corrected chi connectivity index (χ0v) is 12.4. The third-order valence-electron chi connectivity index (χ3n) is 3.33. The lowest BCUT2D eigenvalue weighted by atomic mass is 10.1. The number of imidazole rings is 1. The van der Waals surface area contributed by atoms with Crippen LogP contribution in [0.4, 0.5) is 0 Å². The fourth-order valence-electron chi connectivity index (χ4n) is 2.32. The molecule has 0 aliphatic carbocycles. The van der Waals surface area contributed by atoms with Gasteiger partial charge in [0.1, 0.15) is 5.82 Å². The molecule has 2 aromatic carbocycles. The van der Waals surface area contributed by atoms with E-state index in [2.05, 4.69) is 4.98 Å². The first-order valence-corrected chi connectivity index (χ1v) is 7.10. The lowest BCUT2D eigenvalue weighted by molar-refractivity contribution is 0.0696. The molecule has 0 aliphatic heterocycles. The van der Waals surface area contributed by atoms with Crippen molar-refractivity contribution in [2.75, 3.05) is 0 Å². The highest BCUT2D eigenvalue weighted by Crippen LogP contribution is 2.22. The number of aromatic nitrogens is 2. The van der Waals surface area contributed by atoms with Crippen LogP contribution in [0.3, 0.4) is 0 Å². The van der Waals surface area contributed by atoms with Gasteiger partial charge in [0.05, 0.1) is 5.56 Å². The predicted octanol–water partition coefficient (Wildman–Crippen LogP) is 3.95. The summed E-state index contributed by atoms with van der Waals surface area (Å²) in [7, 11) is 0. The van der Waals surface area contributed by atoms with E-state index in [0.717, 1.165) is 17.0 Å². The molecule has 1 N–H and O–H groups in total. The number of halogens is 1. The van der Waals surface area contributed by atoms with Crippen LogP contribution in [0.15, 0.2) is 60.9 Å². The second kappa shape index (κ2) is 6.03. The summed E-state index contributed by atoms with van der Waals surface area (Å²) in [6.07, 6.45) is 3.58. The summed E-state index contributed by atoms with van der Waals surface area (Å²) in [5, 5.41) is 9.72. The van der Waals surface area contributed by atoms with Crippen LogP contribution in [-0.2, 0) is 6.54 Å². The smallest absolute Gasteiger partial charge is 0.335 e. The van der Waals surface area contributed by atoms with Gasteiger partial charge in [-0.05, 0) is 29.8 Å². The van der Waals surface area contributed by atoms with E-state index in [1.807, 2.05) is 41.1 Å². The van der Waals surface area contributed by atoms with E-state index in [1.165, 1.54) is 0 Å². The van der Waals surface area contributed by atoms with Crippen molar-refractivity contribution >= 4 is 17.6 Å². The molecule has 0 saturated carbocycles. The topological polar surface area (TPSA) is 55.1 Å². The second-order valence-electron chi connectivity index (χ2n) is 4.89. The van der Waals surface area contributed by atoms with Crippen molar-refractivity contribution in [3.05, 3.63) is 77.1 Å². The summed E-state index contributed by atoms with van der Waals surface area (Å²) in [6.45, 7) is 0.545. The molecule has 22 heavy (non-hydrogen) atoms. The Morgan fingerprint density at radius 3 is 2.77 bits per heavy atom. The molecule has 0 saturated heterocycles. The Balaban J connectivity index is 1.93. The Hall–Kier alpha value is -2.59. The van der Waals surface area contributed by atoms with E-state index in [-0.39, 0.29) is 5.56 Å². The Kier molecular flexibility index (Phi) is 3.94. The Morgan fingerprint density at radius 1 is 1.18 bits per heavy atom. The lowest BCUT2D eigenvalue weighted by Crippen LogP contribution is -2.03. The van der Waals surface area contributed by atoms with Gasteiger partial charge in [-0.3, -0.25) is 0 Å². The molecular weight excluding hydrogens is 300 g/mol. The number of carboxylic acid groups (broad SMARTS) is 1. The average molecular weight is 313 g/mol. The van der Waals surface area contributed by atoms with Crippen molar-refractivity contribution in [3.63, 3.8) is 0 Å². The molecule has 0 atom stereocenters. The molecule has 4 nitrogen and oxygen atoms in total. The van der Waals surface area contributed by atoms with Crippen molar-refractivity contribution in [2.24, 2.45) is 0 Å². The summed E-state index contributed by atoms with van der Waals surface area (Å²) in [5.74, 6) is -0.134. The zero-order valence-electron chi connectivity index (χ0n) is 11.6. The van der Waals surface area contributed by atoms with E-state index < -0.39 is 5.97 Å². The van der Waals surface area contributed by atoms with Gasteiger partial charge in [0.25, 0.3) is 0 Å². The SMILES string of the molecule is O=C(O)c1cccc(Cn2ccnc2-c2cccc(Cl)c2)c1. The summed E-state index contributed by atoms with van der Waals surface area (Å²) < 4.78 is 1.96. The molecule has 0 unspecified atom stereocenters. The van der Waals surface area contributed by atoms with E-state index in [4.69, 9.17) is 16.7 Å². The van der Waals surface area contributed by atoms with Crippen LogP contribution < -0.4 is 0 Å². The van der Waals surface area contributed by atoms with E-state index in [0.29, 0.717) is 11.6 Å². The molecule has 0 fully saturated rings. The minimum atomic E-state index is -0.928. The number of carbonyl (C=O) groups is 1. The Bertz CT molecular complexity index is 827. The summed E-state index contributed by atoms with van der Waals surface area (Å²) in [6, 6.07) is 14.4. The predicted molar refractivity (Wildman–Crippen MR) is 85.2 cm³/mol. The van der Waals surface area contributed by atoms with Gasteiger partial charge in [-0.1, -0.05) is 35.9 Å². The first-order chi connectivity index (χ1) is 10.6. The Morgan fingerprint density at radius 2 is 2.00 bits per heavy atom. The summed E-state index contributed by atoms with van der Waals surface area (Å²) in [4.78, 5) is 15.4. The fraction of sp³-hybridized carbons (Fsp3) is 0.0588. The van der Waals surface area contributed by atoms with Gasteiger partial charge in [-0.2, -0.15) is 0 Å². The van der Waals surface area contributed by atoms with Gasteiger partial charge in [0, 0.05) is 29.5 Å². The largest absolute Gasteiger partial charge is 0.478 e. The van der Waals surface area contributed by atoms with Gasteiger partial charge >= 0.3 is 5.97 Å². The average Bonchev–Trinajstić information content (AvgIpc) is 2.95. The maximum atomic E-state index is 11.0. The quantitative estimate of drug-likeness (QED) is 0.793. The second-order valence-corrected chi connectivity index (χ2v) is 5.33. The van der Waals surface area contributed by atoms with Crippen molar-refractivity contribution in [1.82, 2.24) is 9.55 Å². The zero-order chi connectivity index (χ0) is 15.5. The van der Waals surface area contributed by atoms with Crippen molar-refractivity contribution in [3.8, 4) is 11.4 Å². The maximum absolute atomic E-state index is 11.0. The fourth-order valence-corrected chi connectivity index (χ4v) is 2.51. The molecule has 0 aliphatic rings. The third-order valence-corrected chi connectivity index (χ3v) is 3.56. The van der Waals surface area contributed by atoms with Crippen LogP contribution in [0.1, 0.15) is 15.9 Å². The highest BCUT2D eigenvalue weighted by molar-refractivity contribution is 6.30. The molecule has 1 heterocycles. The standard InChI is InChI=1S/C17H13ClN2O2/c18-15-6-2-4-13(10-15)16-19-7-8-20(16)11-12-3-1-5-14(9-12)17(21)22/h1-10H,11H2,(H,21,22). The van der Waals surface area contributed by atoms with Gasteiger partial charge in [-0.15, -0.1) is 0 Å². The number of rotatable bonds is 4. The molecular formula is C17H13ClN2O2. The first-order valence-electron chi connectivity index (χ1n) is 6.73. The van der Waals surface area contributed by atoms with Crippen LogP contribution in [-0.4, -0.2) is 20.6 Å². The van der Waals surface area contributed by atoms with E-state index >= 15 is 0 Å². The van der Waals surface area contributed by atoms with Crippen LogP contribution in [0.2, 0.25) is 5.02 Å². The molecule has 1 aromatic heterocycles. The molecule has 5 heteroatoms. The number of benzene rings is 2. The molecule has 110 valence electrons. The van der Waals surface area contributed by atoms with E-state index in [1.54, 1.807) is 24.4 Å². The van der Waals surface area contributed by atoms with E-state index in [9.17, 15) is 4.79 Å². The van der Waals surface area contributed by atoms with Gasteiger partial charge in [0.15, 0.2) is 0 Å². The highest BCUT2D eigenvalue weighted by atomic mass is 35.5. The number of carboxylic acids is 1. The maximum Gasteiger partial charge on any atom is 0.335 e. The number of hydrogen-bond donors (Lipinski definition) is 1. The third kappa shape index (κ3) is 3.02. The summed E-state index contributed by atoms with van der Waals surface area (Å²) >= 11 is 6.03. The number of hydrogen-bond acceptors (Lipinski definition) is 2. The molecule has 3 aromatic rings. The number of aromatic carboxylic acids is 1. The molecule has 0 spiro atoms. The van der Waals surface area contributed by atoms with Gasteiger partial charge in [0.2, 0.25) is 0 Å². The van der Waals surface area contributed by atoms with Gasteiger partial charge in [-0.25, -0.2) is 9.78 Å². The molecule has 0 bridgehead atoms. The highest BCUT2D eigenvalue weighted by Gasteiger charge is 2.08. The van der Waals surface area contributed by atoms with Crippen molar-refractivity contribution in [2.45, 2.75) is 6.54 Å². The van der Waals surface area contributed by atoms with Crippen LogP contribution in [0, 0.1) is 0 Å². The minimum Gasteiger partial charge on any atom is -0.478 e.